The van der Waals surface area contributed by atoms with Crippen molar-refractivity contribution in [1.82, 2.24) is 0 Å². The van der Waals surface area contributed by atoms with Crippen LogP contribution in [0.1, 0.15) is 184 Å². The average Bonchev–Trinajstić information content (AvgIpc) is 0.913. The highest BCUT2D eigenvalue weighted by Crippen LogP contribution is 2.33. The largest absolute Gasteiger partial charge is 0.489 e. The summed E-state index contributed by atoms with van der Waals surface area (Å²) in [6.07, 6.45) is 1.80. The van der Waals surface area contributed by atoms with Gasteiger partial charge in [0.25, 0.3) is 0 Å². The first kappa shape index (κ1) is 89.9. The normalized spacial score (nSPS) is 11.1. The van der Waals surface area contributed by atoms with Gasteiger partial charge in [0, 0.05) is 18.2 Å². The van der Waals surface area contributed by atoms with Crippen molar-refractivity contribution in [2.45, 2.75) is 224 Å². The van der Waals surface area contributed by atoms with E-state index in [1.54, 1.807) is 0 Å². The summed E-state index contributed by atoms with van der Waals surface area (Å²) in [4.78, 5) is 0. The molecule has 0 bridgehead atoms. The first-order chi connectivity index (χ1) is 54.9. The summed E-state index contributed by atoms with van der Waals surface area (Å²) < 4.78 is 61.5. The van der Waals surface area contributed by atoms with Crippen LogP contribution in [0.2, 0.25) is 0 Å². The molecule has 0 fully saturated rings. The summed E-state index contributed by atoms with van der Waals surface area (Å²) in [5.74, 6) is 6.25. The summed E-state index contributed by atoms with van der Waals surface area (Å²) in [5, 5.41) is 0. The van der Waals surface area contributed by atoms with E-state index in [0.717, 1.165) is 80.2 Å². The quantitative estimate of drug-likeness (QED) is 0.0273. The topological polar surface area (TPSA) is 92.3 Å². The van der Waals surface area contributed by atoms with Gasteiger partial charge in [0.05, 0.1) is 37.6 Å². The van der Waals surface area contributed by atoms with Crippen LogP contribution in [0.3, 0.4) is 0 Å². The molecule has 0 aromatic heterocycles. The molecule has 10 nitrogen and oxygen atoms in total. The van der Waals surface area contributed by atoms with Crippen LogP contribution in [0.25, 0.3) is 0 Å². The van der Waals surface area contributed by atoms with Gasteiger partial charge >= 0.3 is 0 Å². The molecule has 0 saturated carbocycles. The summed E-state index contributed by atoms with van der Waals surface area (Å²) in [7, 11) is 0. The van der Waals surface area contributed by atoms with Crippen LogP contribution in [0.5, 0.6) is 40.2 Å². The lowest BCUT2D eigenvalue weighted by atomic mass is 9.96. The Kier molecular flexibility index (Phi) is 33.8. The van der Waals surface area contributed by atoms with E-state index in [9.17, 15) is 0 Å². The molecule has 0 heterocycles. The van der Waals surface area contributed by atoms with Gasteiger partial charge in [-0.2, -0.15) is 37.9 Å². The van der Waals surface area contributed by atoms with E-state index in [0.29, 0.717) is 100 Å². The summed E-state index contributed by atoms with van der Waals surface area (Å²) in [5.41, 5.74) is 40.7. The fourth-order valence-electron chi connectivity index (χ4n) is 14.1. The summed E-state index contributed by atoms with van der Waals surface area (Å²) in [6, 6.07) is 55.4. The van der Waals surface area contributed by atoms with Crippen molar-refractivity contribution in [3.8, 4) is 40.2 Å². The van der Waals surface area contributed by atoms with Crippen molar-refractivity contribution in [2.24, 2.45) is 0 Å². The number of aryl methyl sites for hydroxylation is 16. The third kappa shape index (κ3) is 27.0. The Bertz CT molecular complexity index is 4560. The smallest absolute Gasteiger partial charge is 0.123 e. The third-order valence-corrected chi connectivity index (χ3v) is 22.9. The average molecular weight is 1600 g/mol. The van der Waals surface area contributed by atoms with Gasteiger partial charge in [0.2, 0.25) is 0 Å². The molecule has 0 aliphatic rings. The van der Waals surface area contributed by atoms with E-state index in [1.807, 2.05) is 54.6 Å². The number of ether oxygens (including phenoxy) is 10. The maximum absolute atomic E-state index is 6.61. The van der Waals surface area contributed by atoms with Gasteiger partial charge in [-0.25, -0.2) is 0 Å². The van der Waals surface area contributed by atoms with Crippen molar-refractivity contribution >= 4 is 37.9 Å². The summed E-state index contributed by atoms with van der Waals surface area (Å²) in [6.45, 7) is 49.7. The van der Waals surface area contributed by atoms with Crippen molar-refractivity contribution in [3.63, 3.8) is 0 Å². The van der Waals surface area contributed by atoms with Crippen LogP contribution < -0.4 is 33.2 Å². The standard InChI is InChI=1S/C63H72O6S.C28H34O3S.C11H16OS/c1-39-15-51(16-40(2)47(39)9)13-14-52-23-56(25-59(24-52)65-33-53-17-41(3)48(10)42(4)18-53)36-68-60-26-57(32-64-38-70)27-61(30-60)69-37-58-28-62(66-34-54-19-43(5)49(11)44(6)20-54)31-63(29-58)67-35-55-21-45(7)50(12)46(8)22-55;1-18-7-24(8-19(2)22(18)5)15-30-27-11-26(14-29-17-32)12-28(13-27)31-16-25-9-20(3)23(6)21(4)10-25;1-8-4-11(6-12-7-13)5-9(2)10(8)3/h15-31,70H,13-14,32-38H2,1-12H3;7-13,32H,14-17H2,1-6H3;4-5,13H,6-7H2,1-3H3. The molecule has 13 heteroatoms. The fourth-order valence-corrected chi connectivity index (χ4v) is 14.4. The maximum Gasteiger partial charge on any atom is 0.123 e. The first-order valence-electron chi connectivity index (χ1n) is 39.9. The van der Waals surface area contributed by atoms with Gasteiger partial charge < -0.3 is 47.4 Å². The Balaban J connectivity index is 0.000000274. The van der Waals surface area contributed by atoms with Gasteiger partial charge in [-0.05, 0) is 390 Å². The molecule has 0 atom stereocenters. The molecule has 11 aromatic rings. The zero-order chi connectivity index (χ0) is 83.2. The molecule has 0 aliphatic heterocycles. The van der Waals surface area contributed by atoms with Crippen LogP contribution in [0.15, 0.2) is 158 Å². The Morgan fingerprint density at radius 2 is 0.287 bits per heavy atom. The van der Waals surface area contributed by atoms with E-state index in [4.69, 9.17) is 47.4 Å². The molecule has 0 unspecified atom stereocenters. The van der Waals surface area contributed by atoms with E-state index in [1.165, 1.54) is 134 Å². The number of hydrogen-bond acceptors (Lipinski definition) is 13. The number of hydrogen-bond donors (Lipinski definition) is 3. The highest BCUT2D eigenvalue weighted by Gasteiger charge is 2.16. The maximum atomic E-state index is 6.61. The Hall–Kier alpha value is -9.05. The lowest BCUT2D eigenvalue weighted by Crippen LogP contribution is -2.04. The minimum Gasteiger partial charge on any atom is -0.489 e. The second-order valence-electron chi connectivity index (χ2n) is 31.4. The predicted molar refractivity (Wildman–Crippen MR) is 484 cm³/mol. The molecule has 608 valence electrons. The van der Waals surface area contributed by atoms with Crippen LogP contribution >= 0.6 is 37.9 Å². The summed E-state index contributed by atoms with van der Waals surface area (Å²) >= 11 is 12.5. The van der Waals surface area contributed by atoms with Gasteiger partial charge in [-0.15, -0.1) is 0 Å². The minimum atomic E-state index is 0.276. The molecular weight excluding hydrogens is 1480 g/mol. The molecule has 115 heavy (non-hydrogen) atoms. The minimum absolute atomic E-state index is 0.276. The van der Waals surface area contributed by atoms with E-state index < -0.39 is 0 Å². The van der Waals surface area contributed by atoms with Crippen LogP contribution in [0, 0.1) is 145 Å². The molecule has 11 aromatic carbocycles. The van der Waals surface area contributed by atoms with Crippen LogP contribution in [0.4, 0.5) is 0 Å². The van der Waals surface area contributed by atoms with Gasteiger partial charge in [0.15, 0.2) is 0 Å². The van der Waals surface area contributed by atoms with E-state index >= 15 is 0 Å². The number of benzene rings is 11. The van der Waals surface area contributed by atoms with Crippen LogP contribution in [-0.4, -0.2) is 17.8 Å². The van der Waals surface area contributed by atoms with Crippen LogP contribution in [-0.2, 0) is 93.1 Å². The molecule has 0 saturated heterocycles. The van der Waals surface area contributed by atoms with E-state index in [2.05, 4.69) is 286 Å². The molecule has 0 N–H and O–H groups in total. The third-order valence-electron chi connectivity index (χ3n) is 22.4. The predicted octanol–water partition coefficient (Wildman–Crippen LogP) is 25.6. The zero-order valence-corrected chi connectivity index (χ0v) is 74.7. The van der Waals surface area contributed by atoms with Crippen molar-refractivity contribution in [3.05, 3.63) is 341 Å². The van der Waals surface area contributed by atoms with Gasteiger partial charge in [-0.3, -0.25) is 0 Å². The first-order valence-corrected chi connectivity index (χ1v) is 41.8. The van der Waals surface area contributed by atoms with Crippen molar-refractivity contribution in [1.29, 1.82) is 0 Å². The Labute approximate surface area is 704 Å². The molecule has 0 radical (unpaired) electrons. The molecule has 0 amide bonds. The van der Waals surface area contributed by atoms with Gasteiger partial charge in [0.1, 0.15) is 86.5 Å². The number of rotatable bonds is 33. The number of thiol groups is 3. The lowest BCUT2D eigenvalue weighted by Gasteiger charge is -2.16. The van der Waals surface area contributed by atoms with Crippen molar-refractivity contribution < 1.29 is 47.4 Å². The zero-order valence-electron chi connectivity index (χ0n) is 72.0. The molecular formula is C102H122O10S3. The molecule has 0 spiro atoms. The van der Waals surface area contributed by atoms with Crippen molar-refractivity contribution in [2.75, 3.05) is 17.8 Å². The molecule has 11 rings (SSSR count). The monoisotopic (exact) mass is 1600 g/mol. The highest BCUT2D eigenvalue weighted by molar-refractivity contribution is 7.80. The molecule has 0 aliphatic carbocycles. The fraction of sp³-hybridized carbons (Fsp3) is 0.353. The van der Waals surface area contributed by atoms with E-state index in [-0.39, 0.29) is 6.61 Å². The second-order valence-corrected chi connectivity index (χ2v) is 32.1. The Morgan fingerprint density at radius 1 is 0.157 bits per heavy atom. The second kappa shape index (κ2) is 43.2. The SMILES string of the molecule is Cc1cc(CCc2cc(COc3cc(COCS)cc(OCc4cc(OCc5cc(C)c(C)c(C)c5)cc(OCc5cc(C)c(C)c(C)c5)c4)c3)cc(OCc3cc(C)c(C)c(C)c3)c2)cc(C)c1C.Cc1cc(COCS)cc(C)c1C.Cc1cc(COc2cc(COCS)cc(OCc3cc(C)c(C)c(C)c3)c2)cc(C)c1C. The highest BCUT2D eigenvalue weighted by atomic mass is 32.1. The Morgan fingerprint density at radius 3 is 0.478 bits per heavy atom. The lowest BCUT2D eigenvalue weighted by molar-refractivity contribution is 0.169. The van der Waals surface area contributed by atoms with Gasteiger partial charge in [-0.1, -0.05) is 91.0 Å².